The number of nitrogens with one attached hydrogen (secondary N) is 1. The number of rotatable bonds is 8. The van der Waals surface area contributed by atoms with Gasteiger partial charge in [0.2, 0.25) is 15.9 Å². The maximum absolute atomic E-state index is 12.5. The third kappa shape index (κ3) is 6.26. The molecule has 1 fully saturated rings. The molecule has 9 heteroatoms. The van der Waals surface area contributed by atoms with Crippen LogP contribution in [0.3, 0.4) is 0 Å². The lowest BCUT2D eigenvalue weighted by molar-refractivity contribution is -0.121. The highest BCUT2D eigenvalue weighted by Gasteiger charge is 2.22. The minimum atomic E-state index is -3.75. The zero-order valence-electron chi connectivity index (χ0n) is 16.9. The Morgan fingerprint density at radius 3 is 2.30 bits per heavy atom. The largest absolute Gasteiger partial charge is 0.379 e. The summed E-state index contributed by atoms with van der Waals surface area (Å²) in [4.78, 5) is 14.7. The molecule has 0 bridgehead atoms. The SMILES string of the molecule is CN(CC(=O)NCc1ccc(CN2CCOCC2)cc1)S(=O)(=O)c1ccc(Cl)cc1. The van der Waals surface area contributed by atoms with Gasteiger partial charge < -0.3 is 10.1 Å². The van der Waals surface area contributed by atoms with Crippen LogP contribution >= 0.6 is 11.6 Å². The van der Waals surface area contributed by atoms with Crippen LogP contribution in [0, 0.1) is 0 Å². The zero-order chi connectivity index (χ0) is 21.6. The fourth-order valence-electron chi connectivity index (χ4n) is 3.11. The number of hydrogen-bond acceptors (Lipinski definition) is 5. The van der Waals surface area contributed by atoms with Gasteiger partial charge in [0.25, 0.3) is 0 Å². The molecule has 0 radical (unpaired) electrons. The van der Waals surface area contributed by atoms with E-state index in [9.17, 15) is 13.2 Å². The Morgan fingerprint density at radius 1 is 1.07 bits per heavy atom. The molecule has 1 amide bonds. The van der Waals surface area contributed by atoms with Crippen LogP contribution in [0.15, 0.2) is 53.4 Å². The highest BCUT2D eigenvalue weighted by molar-refractivity contribution is 7.89. The molecule has 1 heterocycles. The van der Waals surface area contributed by atoms with Crippen molar-refractivity contribution in [3.05, 3.63) is 64.7 Å². The summed E-state index contributed by atoms with van der Waals surface area (Å²) in [7, 11) is -2.37. The van der Waals surface area contributed by atoms with Crippen LogP contribution in [0.4, 0.5) is 0 Å². The van der Waals surface area contributed by atoms with Crippen LogP contribution in [0.25, 0.3) is 0 Å². The Hall–Kier alpha value is -1.97. The first-order valence-corrected chi connectivity index (χ1v) is 11.5. The number of likely N-dealkylation sites (N-methyl/N-ethyl adjacent to an activating group) is 1. The van der Waals surface area contributed by atoms with Crippen molar-refractivity contribution < 1.29 is 17.9 Å². The van der Waals surface area contributed by atoms with E-state index in [0.717, 1.165) is 42.7 Å². The van der Waals surface area contributed by atoms with E-state index in [-0.39, 0.29) is 17.3 Å². The van der Waals surface area contributed by atoms with Gasteiger partial charge in [-0.3, -0.25) is 9.69 Å². The molecule has 0 atom stereocenters. The Bertz CT molecular complexity index is 943. The number of amides is 1. The average Bonchev–Trinajstić information content (AvgIpc) is 2.74. The summed E-state index contributed by atoms with van der Waals surface area (Å²) in [6.45, 7) is 4.36. The average molecular weight is 452 g/mol. The van der Waals surface area contributed by atoms with Gasteiger partial charge in [0.15, 0.2) is 0 Å². The van der Waals surface area contributed by atoms with Gasteiger partial charge in [0, 0.05) is 38.2 Å². The maximum atomic E-state index is 12.5. The van der Waals surface area contributed by atoms with Crippen LogP contribution in [0.5, 0.6) is 0 Å². The summed E-state index contributed by atoms with van der Waals surface area (Å²) in [5, 5.41) is 3.22. The maximum Gasteiger partial charge on any atom is 0.243 e. The highest BCUT2D eigenvalue weighted by Crippen LogP contribution is 2.17. The first-order valence-electron chi connectivity index (χ1n) is 9.71. The molecule has 0 aliphatic carbocycles. The number of halogens is 1. The van der Waals surface area contributed by atoms with Gasteiger partial charge in [-0.15, -0.1) is 0 Å². The lowest BCUT2D eigenvalue weighted by Crippen LogP contribution is -2.38. The van der Waals surface area contributed by atoms with E-state index in [1.807, 2.05) is 24.3 Å². The monoisotopic (exact) mass is 451 g/mol. The molecule has 7 nitrogen and oxygen atoms in total. The molecular formula is C21H26ClN3O4S. The van der Waals surface area contributed by atoms with E-state index in [1.165, 1.54) is 36.9 Å². The number of sulfonamides is 1. The minimum absolute atomic E-state index is 0.0954. The third-order valence-electron chi connectivity index (χ3n) is 4.91. The molecule has 1 aliphatic rings. The first kappa shape index (κ1) is 22.7. The Morgan fingerprint density at radius 2 is 1.67 bits per heavy atom. The summed E-state index contributed by atoms with van der Waals surface area (Å²) in [5.74, 6) is -0.368. The molecule has 2 aromatic rings. The molecule has 162 valence electrons. The van der Waals surface area contributed by atoms with Crippen molar-refractivity contribution >= 4 is 27.5 Å². The van der Waals surface area contributed by atoms with Crippen molar-refractivity contribution in [2.45, 2.75) is 18.0 Å². The number of hydrogen-bond donors (Lipinski definition) is 1. The van der Waals surface area contributed by atoms with Gasteiger partial charge in [0.05, 0.1) is 24.7 Å². The number of benzene rings is 2. The molecule has 0 unspecified atom stereocenters. The van der Waals surface area contributed by atoms with Crippen molar-refractivity contribution in [3.8, 4) is 0 Å². The fraction of sp³-hybridized carbons (Fsp3) is 0.381. The van der Waals surface area contributed by atoms with Crippen LogP contribution < -0.4 is 5.32 Å². The van der Waals surface area contributed by atoms with Crippen molar-refractivity contribution in [1.82, 2.24) is 14.5 Å². The second-order valence-corrected chi connectivity index (χ2v) is 9.68. The summed E-state index contributed by atoms with van der Waals surface area (Å²) in [5.41, 5.74) is 2.16. The predicted octanol–water partition coefficient (Wildman–Crippen LogP) is 2.11. The van der Waals surface area contributed by atoms with E-state index < -0.39 is 10.0 Å². The van der Waals surface area contributed by atoms with E-state index in [1.54, 1.807) is 0 Å². The highest BCUT2D eigenvalue weighted by atomic mass is 35.5. The molecule has 0 aromatic heterocycles. The van der Waals surface area contributed by atoms with Gasteiger partial charge in [-0.2, -0.15) is 4.31 Å². The fourth-order valence-corrected chi connectivity index (χ4v) is 4.36. The number of carbonyl (C=O) groups excluding carboxylic acids is 1. The van der Waals surface area contributed by atoms with Gasteiger partial charge >= 0.3 is 0 Å². The summed E-state index contributed by atoms with van der Waals surface area (Å²) < 4.78 is 31.5. The predicted molar refractivity (Wildman–Crippen MR) is 116 cm³/mol. The Balaban J connectivity index is 1.48. The molecule has 3 rings (SSSR count). The minimum Gasteiger partial charge on any atom is -0.379 e. The lowest BCUT2D eigenvalue weighted by atomic mass is 10.1. The van der Waals surface area contributed by atoms with Crippen molar-refractivity contribution in [2.75, 3.05) is 39.9 Å². The Kier molecular flexibility index (Phi) is 7.85. The molecule has 0 saturated carbocycles. The molecule has 2 aromatic carbocycles. The van der Waals surface area contributed by atoms with Crippen molar-refractivity contribution in [3.63, 3.8) is 0 Å². The number of ether oxygens (including phenoxy) is 1. The van der Waals surface area contributed by atoms with E-state index in [4.69, 9.17) is 16.3 Å². The van der Waals surface area contributed by atoms with Gasteiger partial charge in [-0.25, -0.2) is 8.42 Å². The van der Waals surface area contributed by atoms with Crippen LogP contribution in [0.2, 0.25) is 5.02 Å². The summed E-state index contributed by atoms with van der Waals surface area (Å²) >= 11 is 5.80. The third-order valence-corrected chi connectivity index (χ3v) is 6.98. The molecular weight excluding hydrogens is 426 g/mol. The van der Waals surface area contributed by atoms with Crippen LogP contribution in [-0.2, 0) is 32.6 Å². The second kappa shape index (κ2) is 10.4. The van der Waals surface area contributed by atoms with Gasteiger partial charge in [-0.1, -0.05) is 35.9 Å². The van der Waals surface area contributed by atoms with Crippen LogP contribution in [-0.4, -0.2) is 63.4 Å². The number of nitrogens with zero attached hydrogens (tertiary/aromatic N) is 2. The van der Waals surface area contributed by atoms with Gasteiger partial charge in [-0.05, 0) is 35.4 Å². The topological polar surface area (TPSA) is 79.0 Å². The molecule has 30 heavy (non-hydrogen) atoms. The van der Waals surface area contributed by atoms with E-state index in [2.05, 4.69) is 10.2 Å². The smallest absolute Gasteiger partial charge is 0.243 e. The molecule has 1 aliphatic heterocycles. The summed E-state index contributed by atoms with van der Waals surface area (Å²) in [6, 6.07) is 13.9. The quantitative estimate of drug-likeness (QED) is 0.665. The molecule has 0 spiro atoms. The molecule has 1 saturated heterocycles. The number of carbonyl (C=O) groups is 1. The Labute approximate surface area is 182 Å². The van der Waals surface area contributed by atoms with Crippen molar-refractivity contribution in [2.24, 2.45) is 0 Å². The van der Waals surface area contributed by atoms with Crippen LogP contribution in [0.1, 0.15) is 11.1 Å². The van der Waals surface area contributed by atoms with E-state index >= 15 is 0 Å². The van der Waals surface area contributed by atoms with Crippen molar-refractivity contribution in [1.29, 1.82) is 0 Å². The number of morpholine rings is 1. The lowest BCUT2D eigenvalue weighted by Gasteiger charge is -2.26. The first-order chi connectivity index (χ1) is 14.3. The van der Waals surface area contributed by atoms with Gasteiger partial charge in [0.1, 0.15) is 0 Å². The molecule has 1 N–H and O–H groups in total. The normalized spacial score (nSPS) is 15.3. The zero-order valence-corrected chi connectivity index (χ0v) is 18.5. The summed E-state index contributed by atoms with van der Waals surface area (Å²) in [6.07, 6.45) is 0. The van der Waals surface area contributed by atoms with E-state index in [0.29, 0.717) is 11.6 Å². The standard InChI is InChI=1S/C21H26ClN3O4S/c1-24(30(27,28)20-8-6-19(22)7-9-20)16-21(26)23-14-17-2-4-18(5-3-17)15-25-10-12-29-13-11-25/h2-9H,10-16H2,1H3,(H,23,26). The second-order valence-electron chi connectivity index (χ2n) is 7.20.